The topological polar surface area (TPSA) is 44.1 Å². The highest BCUT2D eigenvalue weighted by atomic mass is 79.9. The van der Waals surface area contributed by atoms with Gasteiger partial charge in [-0.15, -0.1) is 0 Å². The second kappa shape index (κ2) is 3.83. The molecule has 0 saturated heterocycles. The molecule has 0 aliphatic rings. The molecular weight excluding hydrogens is 218 g/mol. The van der Waals surface area contributed by atoms with E-state index < -0.39 is 6.10 Å². The minimum atomic E-state index is -0.766. The van der Waals surface area contributed by atoms with Gasteiger partial charge in [-0.2, -0.15) is 0 Å². The quantitative estimate of drug-likeness (QED) is 0.750. The molecule has 1 unspecified atom stereocenters. The molecule has 0 saturated carbocycles. The lowest BCUT2D eigenvalue weighted by Crippen LogP contribution is -2.06. The van der Waals surface area contributed by atoms with Gasteiger partial charge in [0.2, 0.25) is 0 Å². The van der Waals surface area contributed by atoms with Gasteiger partial charge >= 0.3 is 0 Å². The highest BCUT2D eigenvalue weighted by Crippen LogP contribution is 2.17. The molecule has 0 spiro atoms. The molecule has 12 heavy (non-hydrogen) atoms. The maximum absolute atomic E-state index is 9.45. The van der Waals surface area contributed by atoms with Gasteiger partial charge in [-0.1, -0.05) is 28.1 Å². The van der Waals surface area contributed by atoms with Crippen molar-refractivity contribution in [2.45, 2.75) is 13.0 Å². The number of aliphatic hydroxyl groups is 1. The summed E-state index contributed by atoms with van der Waals surface area (Å²) in [5, 5.41) is 16.7. The van der Waals surface area contributed by atoms with Crippen molar-refractivity contribution in [2.24, 2.45) is 0 Å². The number of rotatable bonds is 2. The van der Waals surface area contributed by atoms with Gasteiger partial charge in [0, 0.05) is 10.2 Å². The summed E-state index contributed by atoms with van der Waals surface area (Å²) in [6, 6.07) is 7.29. The normalized spacial score (nSPS) is 12.6. The molecule has 1 aromatic carbocycles. The first kappa shape index (κ1) is 9.42. The van der Waals surface area contributed by atoms with E-state index in [1.165, 1.54) is 0 Å². The van der Waals surface area contributed by atoms with E-state index >= 15 is 0 Å². The zero-order chi connectivity index (χ0) is 9.14. The largest absolute Gasteiger partial charge is 0.382 e. The van der Waals surface area contributed by atoms with E-state index in [9.17, 15) is 5.11 Å². The summed E-state index contributed by atoms with van der Waals surface area (Å²) in [6.07, 6.45) is -0.766. The monoisotopic (exact) mass is 227 g/mol. The summed E-state index contributed by atoms with van der Waals surface area (Å²) in [5.41, 5.74) is 1.02. The summed E-state index contributed by atoms with van der Waals surface area (Å²) in [5.74, 6) is 0. The van der Waals surface area contributed by atoms with Crippen LogP contribution in [0.15, 0.2) is 28.7 Å². The van der Waals surface area contributed by atoms with Crippen molar-refractivity contribution in [1.82, 2.24) is 0 Å². The van der Waals surface area contributed by atoms with Gasteiger partial charge in [0.1, 0.15) is 6.10 Å². The van der Waals surface area contributed by atoms with Crippen LogP contribution in [0.1, 0.15) is 18.6 Å². The average Bonchev–Trinajstić information content (AvgIpc) is 2.04. The van der Waals surface area contributed by atoms with Gasteiger partial charge in [-0.05, 0) is 24.6 Å². The standard InChI is InChI=1S/C9H10BrNO/c1-6(11)9(12)7-2-4-8(10)5-3-7/h2-5,9,11-12H,1H3. The van der Waals surface area contributed by atoms with Gasteiger partial charge in [0.05, 0.1) is 0 Å². The first-order valence-electron chi connectivity index (χ1n) is 3.60. The third-order valence-electron chi connectivity index (χ3n) is 1.60. The number of nitrogens with one attached hydrogen (secondary N) is 1. The van der Waals surface area contributed by atoms with Crippen molar-refractivity contribution in [3.63, 3.8) is 0 Å². The van der Waals surface area contributed by atoms with Crippen molar-refractivity contribution in [2.75, 3.05) is 0 Å². The molecule has 0 fully saturated rings. The van der Waals surface area contributed by atoms with E-state index in [1.54, 1.807) is 19.1 Å². The minimum Gasteiger partial charge on any atom is -0.382 e. The molecule has 1 atom stereocenters. The van der Waals surface area contributed by atoms with Crippen LogP contribution in [0, 0.1) is 5.41 Å². The fraction of sp³-hybridized carbons (Fsp3) is 0.222. The van der Waals surface area contributed by atoms with Gasteiger partial charge in [0.15, 0.2) is 0 Å². The Morgan fingerprint density at radius 1 is 1.42 bits per heavy atom. The molecule has 2 nitrogen and oxygen atoms in total. The van der Waals surface area contributed by atoms with Gasteiger partial charge in [0.25, 0.3) is 0 Å². The zero-order valence-corrected chi connectivity index (χ0v) is 8.30. The van der Waals surface area contributed by atoms with E-state index in [4.69, 9.17) is 5.41 Å². The Morgan fingerprint density at radius 2 is 1.92 bits per heavy atom. The highest BCUT2D eigenvalue weighted by Gasteiger charge is 2.07. The Morgan fingerprint density at radius 3 is 2.33 bits per heavy atom. The summed E-state index contributed by atoms with van der Waals surface area (Å²) in [4.78, 5) is 0. The van der Waals surface area contributed by atoms with E-state index in [0.717, 1.165) is 10.0 Å². The van der Waals surface area contributed by atoms with Crippen LogP contribution in [0.4, 0.5) is 0 Å². The first-order chi connectivity index (χ1) is 5.61. The highest BCUT2D eigenvalue weighted by molar-refractivity contribution is 9.10. The molecule has 0 heterocycles. The van der Waals surface area contributed by atoms with Gasteiger partial charge < -0.3 is 10.5 Å². The van der Waals surface area contributed by atoms with Gasteiger partial charge in [-0.25, -0.2) is 0 Å². The van der Waals surface area contributed by atoms with E-state index in [0.29, 0.717) is 0 Å². The Balaban J connectivity index is 2.89. The molecule has 1 rings (SSSR count). The van der Waals surface area contributed by atoms with Crippen LogP contribution in [-0.4, -0.2) is 10.8 Å². The molecule has 3 heteroatoms. The van der Waals surface area contributed by atoms with Crippen LogP contribution < -0.4 is 0 Å². The van der Waals surface area contributed by atoms with Crippen molar-refractivity contribution < 1.29 is 5.11 Å². The van der Waals surface area contributed by atoms with E-state index in [2.05, 4.69) is 15.9 Å². The summed E-state index contributed by atoms with van der Waals surface area (Å²) >= 11 is 3.30. The minimum absolute atomic E-state index is 0.261. The first-order valence-corrected chi connectivity index (χ1v) is 4.39. The maximum Gasteiger partial charge on any atom is 0.116 e. The van der Waals surface area contributed by atoms with Crippen molar-refractivity contribution in [3.05, 3.63) is 34.3 Å². The molecule has 0 aromatic heterocycles. The van der Waals surface area contributed by atoms with Crippen LogP contribution in [0.25, 0.3) is 0 Å². The summed E-state index contributed by atoms with van der Waals surface area (Å²) in [7, 11) is 0. The smallest absolute Gasteiger partial charge is 0.116 e. The zero-order valence-electron chi connectivity index (χ0n) is 6.71. The molecular formula is C9H10BrNO. The molecule has 0 aliphatic heterocycles. The lowest BCUT2D eigenvalue weighted by atomic mass is 10.1. The van der Waals surface area contributed by atoms with Crippen LogP contribution in [0.3, 0.4) is 0 Å². The Labute approximate surface area is 79.9 Å². The molecule has 2 N–H and O–H groups in total. The molecule has 0 aliphatic carbocycles. The van der Waals surface area contributed by atoms with E-state index in [1.807, 2.05) is 12.1 Å². The molecule has 0 bridgehead atoms. The van der Waals surface area contributed by atoms with Crippen molar-refractivity contribution in [1.29, 1.82) is 5.41 Å². The fourth-order valence-corrected chi connectivity index (χ4v) is 1.16. The Hall–Kier alpha value is -0.670. The average molecular weight is 228 g/mol. The molecule has 0 amide bonds. The van der Waals surface area contributed by atoms with Crippen LogP contribution in [0.2, 0.25) is 0 Å². The van der Waals surface area contributed by atoms with E-state index in [-0.39, 0.29) is 5.71 Å². The second-order valence-corrected chi connectivity index (χ2v) is 3.55. The number of halogens is 1. The van der Waals surface area contributed by atoms with Crippen LogP contribution in [0.5, 0.6) is 0 Å². The maximum atomic E-state index is 9.45. The fourth-order valence-electron chi connectivity index (χ4n) is 0.895. The lowest BCUT2D eigenvalue weighted by molar-refractivity contribution is 0.246. The molecule has 0 radical (unpaired) electrons. The molecule has 64 valence electrons. The van der Waals surface area contributed by atoms with Crippen molar-refractivity contribution in [3.8, 4) is 0 Å². The Bertz CT molecular complexity index is 281. The SMILES string of the molecule is CC(=N)C(O)c1ccc(Br)cc1. The number of hydrogen-bond donors (Lipinski definition) is 2. The summed E-state index contributed by atoms with van der Waals surface area (Å²) in [6.45, 7) is 1.59. The van der Waals surface area contributed by atoms with Crippen molar-refractivity contribution >= 4 is 21.6 Å². The number of hydrogen-bond acceptors (Lipinski definition) is 2. The van der Waals surface area contributed by atoms with Gasteiger partial charge in [-0.3, -0.25) is 0 Å². The third-order valence-corrected chi connectivity index (χ3v) is 2.12. The van der Waals surface area contributed by atoms with Crippen LogP contribution >= 0.6 is 15.9 Å². The lowest BCUT2D eigenvalue weighted by Gasteiger charge is -2.08. The Kier molecular flexibility index (Phi) is 3.00. The number of benzene rings is 1. The predicted molar refractivity (Wildman–Crippen MR) is 52.5 cm³/mol. The number of aliphatic hydroxyl groups excluding tert-OH is 1. The summed E-state index contributed by atoms with van der Waals surface area (Å²) < 4.78 is 0.973. The molecule has 1 aromatic rings. The second-order valence-electron chi connectivity index (χ2n) is 2.64. The third kappa shape index (κ3) is 2.16. The van der Waals surface area contributed by atoms with Crippen LogP contribution in [-0.2, 0) is 0 Å². The predicted octanol–water partition coefficient (Wildman–Crippen LogP) is 2.52.